The maximum atomic E-state index is 13.2. The van der Waals surface area contributed by atoms with Crippen LogP contribution in [-0.4, -0.2) is 40.5 Å². The molecule has 0 unspecified atom stereocenters. The number of aromatic nitrogens is 1. The summed E-state index contributed by atoms with van der Waals surface area (Å²) < 4.78 is 5.97. The molecule has 2 aromatic rings. The van der Waals surface area contributed by atoms with E-state index < -0.39 is 10.8 Å². The Kier molecular flexibility index (Phi) is 2.86. The minimum absolute atomic E-state index is 0.0490. The van der Waals surface area contributed by atoms with Crippen molar-refractivity contribution in [3.8, 4) is 0 Å². The molecule has 5 nitrogen and oxygen atoms in total. The van der Waals surface area contributed by atoms with E-state index in [0.717, 1.165) is 29.3 Å². The molecule has 4 atom stereocenters. The van der Waals surface area contributed by atoms with Gasteiger partial charge in [-0.2, -0.15) is 0 Å². The molecule has 2 bridgehead atoms. The Morgan fingerprint density at radius 1 is 1.12 bits per heavy atom. The molecule has 3 aliphatic rings. The van der Waals surface area contributed by atoms with E-state index in [1.807, 2.05) is 38.2 Å². The van der Waals surface area contributed by atoms with Gasteiger partial charge in [0.05, 0.1) is 23.0 Å². The number of nitrogens with zero attached hydrogens (tertiary/aromatic N) is 1. The number of hydrogen-bond donors (Lipinski definition) is 1. The zero-order valence-corrected chi connectivity index (χ0v) is 14.5. The summed E-state index contributed by atoms with van der Waals surface area (Å²) in [6, 6.07) is 8.11. The second-order valence-electron chi connectivity index (χ2n) is 7.97. The molecule has 5 heteroatoms. The molecule has 1 N–H and O–H groups in total. The van der Waals surface area contributed by atoms with Crippen molar-refractivity contribution in [2.24, 2.45) is 10.8 Å². The number of aromatic amines is 1. The number of fused-ring (bicyclic) bond motifs is 6. The highest BCUT2D eigenvalue weighted by atomic mass is 16.5. The minimum atomic E-state index is -0.701. The molecule has 0 spiro atoms. The molecular weight excluding hydrogens is 316 g/mol. The SMILES string of the molecule is C[C@@]12C(=O)N(CCc3c[nH]c4ccccc34)C(=O)[C@]1(C)[C@H]1CC[C@@H]2O1. The Hall–Kier alpha value is -2.14. The average Bonchev–Trinajstić information content (AvgIpc) is 3.33. The highest BCUT2D eigenvalue weighted by molar-refractivity contribution is 6.10. The van der Waals surface area contributed by atoms with E-state index in [1.54, 1.807) is 0 Å². The molecule has 4 heterocycles. The van der Waals surface area contributed by atoms with Crippen LogP contribution >= 0.6 is 0 Å². The van der Waals surface area contributed by atoms with E-state index in [9.17, 15) is 9.59 Å². The summed E-state index contributed by atoms with van der Waals surface area (Å²) in [6.07, 6.45) is 4.18. The number of ether oxygens (including phenoxy) is 1. The monoisotopic (exact) mass is 338 g/mol. The Balaban J connectivity index is 1.44. The Labute approximate surface area is 146 Å². The minimum Gasteiger partial charge on any atom is -0.373 e. The quantitative estimate of drug-likeness (QED) is 0.875. The summed E-state index contributed by atoms with van der Waals surface area (Å²) in [5.74, 6) is -0.0981. The van der Waals surface area contributed by atoms with Crippen molar-refractivity contribution in [3.05, 3.63) is 36.0 Å². The lowest BCUT2D eigenvalue weighted by atomic mass is 9.59. The fourth-order valence-electron chi connectivity index (χ4n) is 5.30. The van der Waals surface area contributed by atoms with Gasteiger partial charge in [0.2, 0.25) is 11.8 Å². The molecule has 2 amide bonds. The van der Waals surface area contributed by atoms with Crippen molar-refractivity contribution in [1.29, 1.82) is 0 Å². The van der Waals surface area contributed by atoms with Crippen LogP contribution in [0.4, 0.5) is 0 Å². The van der Waals surface area contributed by atoms with Crippen LogP contribution in [0.15, 0.2) is 30.5 Å². The van der Waals surface area contributed by atoms with Crippen molar-refractivity contribution < 1.29 is 14.3 Å². The van der Waals surface area contributed by atoms with Crippen LogP contribution in [-0.2, 0) is 20.7 Å². The highest BCUT2D eigenvalue weighted by Gasteiger charge is 2.76. The van der Waals surface area contributed by atoms with Crippen molar-refractivity contribution in [2.75, 3.05) is 6.54 Å². The van der Waals surface area contributed by atoms with Gasteiger partial charge in [0, 0.05) is 23.6 Å². The van der Waals surface area contributed by atoms with E-state index in [1.165, 1.54) is 4.90 Å². The van der Waals surface area contributed by atoms with Gasteiger partial charge in [-0.1, -0.05) is 18.2 Å². The molecule has 1 aromatic carbocycles. The number of imide groups is 1. The lowest BCUT2D eigenvalue weighted by Crippen LogP contribution is -2.48. The largest absolute Gasteiger partial charge is 0.373 e. The number of carbonyl (C=O) groups excluding carboxylic acids is 2. The molecule has 5 rings (SSSR count). The van der Waals surface area contributed by atoms with Gasteiger partial charge in [-0.25, -0.2) is 0 Å². The van der Waals surface area contributed by atoms with E-state index in [2.05, 4.69) is 11.1 Å². The van der Waals surface area contributed by atoms with Gasteiger partial charge < -0.3 is 9.72 Å². The third kappa shape index (κ3) is 1.62. The number of rotatable bonds is 3. The number of carbonyl (C=O) groups is 2. The molecule has 0 radical (unpaired) electrons. The summed E-state index contributed by atoms with van der Waals surface area (Å²) in [5.41, 5.74) is 0.821. The van der Waals surface area contributed by atoms with E-state index >= 15 is 0 Å². The number of likely N-dealkylation sites (tertiary alicyclic amines) is 1. The van der Waals surface area contributed by atoms with Crippen LogP contribution in [0, 0.1) is 10.8 Å². The first kappa shape index (κ1) is 15.1. The van der Waals surface area contributed by atoms with E-state index in [4.69, 9.17) is 4.74 Å². The maximum Gasteiger partial charge on any atom is 0.238 e. The summed E-state index contributed by atoms with van der Waals surface area (Å²) >= 11 is 0. The number of benzene rings is 1. The molecule has 0 saturated carbocycles. The first-order valence-electron chi connectivity index (χ1n) is 9.05. The molecule has 25 heavy (non-hydrogen) atoms. The van der Waals surface area contributed by atoms with Crippen molar-refractivity contribution in [1.82, 2.24) is 9.88 Å². The number of hydrogen-bond acceptors (Lipinski definition) is 3. The van der Waals surface area contributed by atoms with Gasteiger partial charge in [-0.15, -0.1) is 0 Å². The third-order valence-corrected chi connectivity index (χ3v) is 7.04. The average molecular weight is 338 g/mol. The van der Waals surface area contributed by atoms with Gasteiger partial charge in [-0.3, -0.25) is 14.5 Å². The van der Waals surface area contributed by atoms with Crippen LogP contribution in [0.2, 0.25) is 0 Å². The first-order chi connectivity index (χ1) is 12.0. The van der Waals surface area contributed by atoms with Crippen LogP contribution in [0.25, 0.3) is 10.9 Å². The summed E-state index contributed by atoms with van der Waals surface area (Å²) in [6.45, 7) is 4.30. The lowest BCUT2D eigenvalue weighted by molar-refractivity contribution is -0.145. The van der Waals surface area contributed by atoms with Crippen molar-refractivity contribution in [2.45, 2.75) is 45.3 Å². The summed E-state index contributed by atoms with van der Waals surface area (Å²) in [5, 5.41) is 1.16. The Morgan fingerprint density at radius 2 is 1.76 bits per heavy atom. The van der Waals surface area contributed by atoms with E-state index in [0.29, 0.717) is 13.0 Å². The molecule has 130 valence electrons. The normalized spacial score (nSPS) is 36.6. The molecular formula is C20H22N2O3. The maximum absolute atomic E-state index is 13.2. The molecule has 3 saturated heterocycles. The standard InChI is InChI=1S/C20H22N2O3/c1-19-15-7-8-16(25-15)20(19,2)18(24)22(17(19)23)10-9-12-11-21-14-6-4-3-5-13(12)14/h3-6,11,15-16,21H,7-10H2,1-2H3/t15-,16+,19+,20-. The number of nitrogens with one attached hydrogen (secondary N) is 1. The topological polar surface area (TPSA) is 62.4 Å². The zero-order valence-electron chi connectivity index (χ0n) is 14.5. The number of para-hydroxylation sites is 1. The first-order valence-corrected chi connectivity index (χ1v) is 9.05. The zero-order chi connectivity index (χ0) is 17.4. The van der Waals surface area contributed by atoms with Crippen molar-refractivity contribution in [3.63, 3.8) is 0 Å². The molecule has 1 aromatic heterocycles. The molecule has 3 aliphatic heterocycles. The van der Waals surface area contributed by atoms with Crippen LogP contribution < -0.4 is 0 Å². The predicted molar refractivity (Wildman–Crippen MR) is 92.8 cm³/mol. The second-order valence-corrected chi connectivity index (χ2v) is 7.97. The van der Waals surface area contributed by atoms with Gasteiger partial charge in [0.15, 0.2) is 0 Å². The Morgan fingerprint density at radius 3 is 2.44 bits per heavy atom. The predicted octanol–water partition coefficient (Wildman–Crippen LogP) is 2.65. The van der Waals surface area contributed by atoms with Gasteiger partial charge >= 0.3 is 0 Å². The van der Waals surface area contributed by atoms with Crippen LogP contribution in [0.1, 0.15) is 32.3 Å². The van der Waals surface area contributed by atoms with Gasteiger partial charge in [-0.05, 0) is 44.7 Å². The third-order valence-electron chi connectivity index (χ3n) is 7.04. The number of amides is 2. The van der Waals surface area contributed by atoms with Gasteiger partial charge in [0.25, 0.3) is 0 Å². The van der Waals surface area contributed by atoms with E-state index in [-0.39, 0.29) is 24.0 Å². The smallest absolute Gasteiger partial charge is 0.238 e. The van der Waals surface area contributed by atoms with Crippen molar-refractivity contribution >= 4 is 22.7 Å². The Bertz CT molecular complexity index is 869. The van der Waals surface area contributed by atoms with Gasteiger partial charge in [0.1, 0.15) is 0 Å². The molecule has 0 aliphatic carbocycles. The highest BCUT2D eigenvalue weighted by Crippen LogP contribution is 2.64. The number of H-pyrrole nitrogens is 1. The fourth-order valence-corrected chi connectivity index (χ4v) is 5.30. The van der Waals surface area contributed by atoms with Crippen LogP contribution in [0.5, 0.6) is 0 Å². The second kappa shape index (κ2) is 4.73. The summed E-state index contributed by atoms with van der Waals surface area (Å²) in [4.78, 5) is 31.1. The fraction of sp³-hybridized carbons (Fsp3) is 0.500. The van der Waals surface area contributed by atoms with Crippen LogP contribution in [0.3, 0.4) is 0 Å². The summed E-state index contributed by atoms with van der Waals surface area (Å²) in [7, 11) is 0. The molecule has 3 fully saturated rings. The lowest BCUT2D eigenvalue weighted by Gasteiger charge is -2.36.